The van der Waals surface area contributed by atoms with Crippen molar-refractivity contribution in [3.05, 3.63) is 36.5 Å². The molecular formula is C14H17N5O4S. The first-order chi connectivity index (χ1) is 11.4. The van der Waals surface area contributed by atoms with Crippen LogP contribution in [0.5, 0.6) is 0 Å². The van der Waals surface area contributed by atoms with Gasteiger partial charge in [-0.15, -0.1) is 0 Å². The molecule has 3 rings (SSSR count). The highest BCUT2D eigenvalue weighted by Gasteiger charge is 2.26. The van der Waals surface area contributed by atoms with Crippen LogP contribution in [0, 0.1) is 0 Å². The molecule has 2 aromatic rings. The number of hydrogen-bond donors (Lipinski definition) is 0. The first-order valence-electron chi connectivity index (χ1n) is 7.33. The van der Waals surface area contributed by atoms with Gasteiger partial charge in [-0.25, -0.2) is 13.4 Å². The van der Waals surface area contributed by atoms with E-state index in [1.54, 1.807) is 21.8 Å². The van der Waals surface area contributed by atoms with Crippen LogP contribution in [0.2, 0.25) is 0 Å². The molecule has 1 aliphatic heterocycles. The third-order valence-corrected chi connectivity index (χ3v) is 4.60. The number of ether oxygens (including phenoxy) is 1. The lowest BCUT2D eigenvalue weighted by Crippen LogP contribution is -2.37. The molecular weight excluding hydrogens is 334 g/mol. The predicted molar refractivity (Wildman–Crippen MR) is 83.1 cm³/mol. The molecule has 0 bridgehead atoms. The van der Waals surface area contributed by atoms with E-state index in [0.29, 0.717) is 26.3 Å². The highest BCUT2D eigenvalue weighted by molar-refractivity contribution is 7.90. The number of hydrogen-bond acceptors (Lipinski definition) is 7. The van der Waals surface area contributed by atoms with E-state index in [1.165, 1.54) is 6.20 Å². The molecule has 0 N–H and O–H groups in total. The Labute approximate surface area is 139 Å². The summed E-state index contributed by atoms with van der Waals surface area (Å²) in [6.45, 7) is 1.62. The van der Waals surface area contributed by atoms with Gasteiger partial charge in [0.15, 0.2) is 14.9 Å². The maximum Gasteiger partial charge on any atom is 0.274 e. The molecule has 0 aromatic carbocycles. The minimum Gasteiger partial charge on any atom is -0.377 e. The van der Waals surface area contributed by atoms with Crippen molar-refractivity contribution in [2.24, 2.45) is 0 Å². The largest absolute Gasteiger partial charge is 0.377 e. The van der Waals surface area contributed by atoms with Gasteiger partial charge in [-0.2, -0.15) is 5.10 Å². The Morgan fingerprint density at radius 3 is 2.92 bits per heavy atom. The molecule has 0 radical (unpaired) electrons. The zero-order valence-corrected chi connectivity index (χ0v) is 13.9. The summed E-state index contributed by atoms with van der Waals surface area (Å²) < 4.78 is 30.5. The highest BCUT2D eigenvalue weighted by Crippen LogP contribution is 2.15. The Bertz CT molecular complexity index is 821. The summed E-state index contributed by atoms with van der Waals surface area (Å²) in [5, 5.41) is 3.97. The van der Waals surface area contributed by atoms with Gasteiger partial charge < -0.3 is 9.64 Å². The van der Waals surface area contributed by atoms with Gasteiger partial charge in [-0.05, 0) is 6.07 Å². The van der Waals surface area contributed by atoms with E-state index in [-0.39, 0.29) is 22.7 Å². The van der Waals surface area contributed by atoms with Crippen molar-refractivity contribution in [3.63, 3.8) is 0 Å². The minimum absolute atomic E-state index is 0.000889. The summed E-state index contributed by atoms with van der Waals surface area (Å²) in [5.74, 6) is -0.379. The summed E-state index contributed by atoms with van der Waals surface area (Å²) in [6.07, 6.45) is 6.90. The first kappa shape index (κ1) is 16.5. The Hall–Kier alpha value is -2.33. The second-order valence-corrected chi connectivity index (χ2v) is 7.44. The molecule has 3 heterocycles. The normalized spacial score (nSPS) is 19.0. The standard InChI is InChI=1S/C14H17N5O4S/c1-24(21,22)13-8-15-7-12(17-13)14(20)18-5-6-23-10-11(9-18)19-4-2-3-16-19/h2-4,7-8,11H,5-6,9-10H2,1H3. The van der Waals surface area contributed by atoms with Crippen LogP contribution in [0.1, 0.15) is 16.5 Å². The van der Waals surface area contributed by atoms with Crippen LogP contribution in [-0.4, -0.2) is 71.5 Å². The molecule has 10 heteroatoms. The van der Waals surface area contributed by atoms with Crippen LogP contribution in [0.3, 0.4) is 0 Å². The first-order valence-corrected chi connectivity index (χ1v) is 9.22. The number of sulfone groups is 1. The molecule has 2 aromatic heterocycles. The summed E-state index contributed by atoms with van der Waals surface area (Å²) >= 11 is 0. The Kier molecular flexibility index (Phi) is 4.58. The van der Waals surface area contributed by atoms with Crippen molar-refractivity contribution in [1.82, 2.24) is 24.6 Å². The van der Waals surface area contributed by atoms with E-state index in [2.05, 4.69) is 15.1 Å². The molecule has 24 heavy (non-hydrogen) atoms. The van der Waals surface area contributed by atoms with Crippen LogP contribution in [0.25, 0.3) is 0 Å². The van der Waals surface area contributed by atoms with Gasteiger partial charge in [0.1, 0.15) is 5.69 Å². The van der Waals surface area contributed by atoms with Gasteiger partial charge in [-0.1, -0.05) is 0 Å². The van der Waals surface area contributed by atoms with Crippen molar-refractivity contribution < 1.29 is 17.9 Å². The molecule has 1 fully saturated rings. The predicted octanol–water partition coefficient (Wildman–Crippen LogP) is -0.210. The zero-order chi connectivity index (χ0) is 17.2. The molecule has 1 unspecified atom stereocenters. The zero-order valence-electron chi connectivity index (χ0n) is 13.1. The van der Waals surface area contributed by atoms with E-state index in [9.17, 15) is 13.2 Å². The number of rotatable bonds is 3. The highest BCUT2D eigenvalue weighted by atomic mass is 32.2. The number of carbonyl (C=O) groups excluding carboxylic acids is 1. The molecule has 1 aliphatic rings. The van der Waals surface area contributed by atoms with Crippen LogP contribution in [0.4, 0.5) is 0 Å². The summed E-state index contributed by atoms with van der Waals surface area (Å²) in [7, 11) is -3.53. The molecule has 9 nitrogen and oxygen atoms in total. The maximum absolute atomic E-state index is 12.7. The second-order valence-electron chi connectivity index (χ2n) is 5.48. The molecule has 1 atom stereocenters. The lowest BCUT2D eigenvalue weighted by Gasteiger charge is -2.23. The van der Waals surface area contributed by atoms with Crippen LogP contribution in [-0.2, 0) is 14.6 Å². The average Bonchev–Trinajstić information content (AvgIpc) is 2.98. The molecule has 0 aliphatic carbocycles. The number of aromatic nitrogens is 4. The quantitative estimate of drug-likeness (QED) is 0.753. The Balaban J connectivity index is 1.83. The number of nitrogens with zero attached hydrogens (tertiary/aromatic N) is 5. The fourth-order valence-corrected chi connectivity index (χ4v) is 2.94. The lowest BCUT2D eigenvalue weighted by atomic mass is 10.2. The van der Waals surface area contributed by atoms with Crippen LogP contribution < -0.4 is 0 Å². The van der Waals surface area contributed by atoms with Gasteiger partial charge in [0.2, 0.25) is 0 Å². The van der Waals surface area contributed by atoms with Gasteiger partial charge in [0.25, 0.3) is 5.91 Å². The molecule has 1 amide bonds. The topological polar surface area (TPSA) is 107 Å². The lowest BCUT2D eigenvalue weighted by molar-refractivity contribution is 0.0730. The van der Waals surface area contributed by atoms with Gasteiger partial charge >= 0.3 is 0 Å². The third kappa shape index (κ3) is 3.60. The fourth-order valence-electron chi connectivity index (χ4n) is 2.43. The summed E-state index contributed by atoms with van der Waals surface area (Å²) in [5.41, 5.74) is -0.000889. The van der Waals surface area contributed by atoms with E-state index >= 15 is 0 Å². The average molecular weight is 351 g/mol. The Morgan fingerprint density at radius 2 is 2.21 bits per heavy atom. The van der Waals surface area contributed by atoms with Crippen molar-refractivity contribution in [3.8, 4) is 0 Å². The minimum atomic E-state index is -3.53. The molecule has 1 saturated heterocycles. The van der Waals surface area contributed by atoms with Gasteiger partial charge in [0, 0.05) is 31.7 Å². The SMILES string of the molecule is CS(=O)(=O)c1cncc(C(=O)N2CCOCC(n3cccn3)C2)n1. The van der Waals surface area contributed by atoms with Crippen molar-refractivity contribution in [2.75, 3.05) is 32.6 Å². The van der Waals surface area contributed by atoms with Gasteiger partial charge in [0.05, 0.1) is 31.6 Å². The molecule has 128 valence electrons. The van der Waals surface area contributed by atoms with E-state index < -0.39 is 9.84 Å². The van der Waals surface area contributed by atoms with Crippen LogP contribution >= 0.6 is 0 Å². The van der Waals surface area contributed by atoms with Crippen LogP contribution in [0.15, 0.2) is 35.9 Å². The smallest absolute Gasteiger partial charge is 0.274 e. The second kappa shape index (κ2) is 6.65. The third-order valence-electron chi connectivity index (χ3n) is 3.64. The summed E-state index contributed by atoms with van der Waals surface area (Å²) in [6, 6.07) is 1.69. The maximum atomic E-state index is 12.7. The van der Waals surface area contributed by atoms with E-state index in [4.69, 9.17) is 4.74 Å². The molecule has 0 saturated carbocycles. The summed E-state index contributed by atoms with van der Waals surface area (Å²) in [4.78, 5) is 22.0. The van der Waals surface area contributed by atoms with Crippen molar-refractivity contribution in [1.29, 1.82) is 0 Å². The molecule has 0 spiro atoms. The van der Waals surface area contributed by atoms with E-state index in [1.807, 2.05) is 6.20 Å². The fraction of sp³-hybridized carbons (Fsp3) is 0.429. The van der Waals surface area contributed by atoms with Crippen molar-refractivity contribution >= 4 is 15.7 Å². The monoisotopic (exact) mass is 351 g/mol. The Morgan fingerprint density at radius 1 is 1.38 bits per heavy atom. The number of amides is 1. The number of carbonyl (C=O) groups is 1. The van der Waals surface area contributed by atoms with Gasteiger partial charge in [-0.3, -0.25) is 14.5 Å². The van der Waals surface area contributed by atoms with Crippen molar-refractivity contribution in [2.45, 2.75) is 11.1 Å². The van der Waals surface area contributed by atoms with E-state index in [0.717, 1.165) is 12.5 Å².